The van der Waals surface area contributed by atoms with Crippen LogP contribution in [0.2, 0.25) is 0 Å². The molecule has 0 aliphatic heterocycles. The van der Waals surface area contributed by atoms with Crippen molar-refractivity contribution in [2.45, 2.75) is 13.8 Å². The molecule has 0 radical (unpaired) electrons. The normalized spacial score (nSPS) is 13.8. The lowest BCUT2D eigenvalue weighted by molar-refractivity contribution is 1.03. The van der Waals surface area contributed by atoms with Crippen LogP contribution in [0.3, 0.4) is 0 Å². The van der Waals surface area contributed by atoms with Crippen molar-refractivity contribution in [3.8, 4) is 0 Å². The molecule has 12 heavy (non-hydrogen) atoms. The molecular formula is C8H12N2S2. The molecule has 1 heterocycles. The standard InChI is InChI=1S/C8H12N2S2/c1-3-9-7-8(10-4-2)12-6-5-11-7/h5-6H,3-4H2,1-2H3. The van der Waals surface area contributed by atoms with Gasteiger partial charge in [0.05, 0.1) is 0 Å². The molecule has 0 saturated carbocycles. The maximum absolute atomic E-state index is 4.36. The zero-order valence-corrected chi connectivity index (χ0v) is 8.91. The Morgan fingerprint density at radius 3 is 1.75 bits per heavy atom. The van der Waals surface area contributed by atoms with Gasteiger partial charge < -0.3 is 0 Å². The Labute approximate surface area is 80.0 Å². The summed E-state index contributed by atoms with van der Waals surface area (Å²) in [6.07, 6.45) is 0. The highest BCUT2D eigenvalue weighted by atomic mass is 32.1. The quantitative estimate of drug-likeness (QED) is 0.693. The molecule has 0 aliphatic rings. The molecule has 0 bridgehead atoms. The number of nitrogens with zero attached hydrogens (tertiary/aromatic N) is 2. The van der Waals surface area contributed by atoms with Crippen molar-refractivity contribution in [3.63, 3.8) is 0 Å². The van der Waals surface area contributed by atoms with E-state index in [1.165, 1.54) is 0 Å². The lowest BCUT2D eigenvalue weighted by atomic mass is 10.7. The molecule has 0 atom stereocenters. The monoisotopic (exact) mass is 200 g/mol. The van der Waals surface area contributed by atoms with Crippen LogP contribution in [0.5, 0.6) is 0 Å². The third kappa shape index (κ3) is 2.53. The third-order valence-corrected chi connectivity index (χ3v) is 3.14. The van der Waals surface area contributed by atoms with Gasteiger partial charge >= 0.3 is 0 Å². The van der Waals surface area contributed by atoms with Crippen LogP contribution >= 0.6 is 22.7 Å². The fourth-order valence-electron chi connectivity index (χ4n) is 0.782. The first kappa shape index (κ1) is 9.61. The van der Waals surface area contributed by atoms with Gasteiger partial charge in [0.2, 0.25) is 0 Å². The smallest absolute Gasteiger partial charge is 0.146 e. The summed E-state index contributed by atoms with van der Waals surface area (Å²) in [6.45, 7) is 5.75. The second kappa shape index (κ2) is 5.22. The average molecular weight is 200 g/mol. The molecule has 1 aromatic rings. The van der Waals surface area contributed by atoms with Crippen LogP contribution in [-0.4, -0.2) is 13.1 Å². The predicted octanol–water partition coefficient (Wildman–Crippen LogP) is 1.65. The molecule has 1 aromatic heterocycles. The molecule has 0 spiro atoms. The molecule has 0 unspecified atom stereocenters. The van der Waals surface area contributed by atoms with E-state index in [1.807, 2.05) is 24.6 Å². The molecule has 0 N–H and O–H groups in total. The minimum Gasteiger partial charge on any atom is -0.272 e. The zero-order valence-electron chi connectivity index (χ0n) is 7.28. The molecule has 0 aliphatic carbocycles. The Balaban J connectivity index is 3.28. The second-order valence-corrected chi connectivity index (χ2v) is 3.86. The third-order valence-electron chi connectivity index (χ3n) is 1.20. The first-order chi connectivity index (χ1) is 5.88. The van der Waals surface area contributed by atoms with E-state index in [1.54, 1.807) is 22.7 Å². The zero-order chi connectivity index (χ0) is 8.81. The lowest BCUT2D eigenvalue weighted by Crippen LogP contribution is -2.20. The van der Waals surface area contributed by atoms with Crippen LogP contribution in [0.4, 0.5) is 0 Å². The number of hydrogen-bond donors (Lipinski definition) is 0. The average Bonchev–Trinajstić information content (AvgIpc) is 2.09. The van der Waals surface area contributed by atoms with E-state index < -0.39 is 0 Å². The molecule has 4 heteroatoms. The van der Waals surface area contributed by atoms with Gasteiger partial charge in [0, 0.05) is 23.8 Å². The fraction of sp³-hybridized carbons (Fsp3) is 0.500. The Bertz CT molecular complexity index is 313. The molecule has 66 valence electrons. The van der Waals surface area contributed by atoms with Gasteiger partial charge in [0.25, 0.3) is 0 Å². The van der Waals surface area contributed by atoms with Crippen molar-refractivity contribution in [2.24, 2.45) is 9.98 Å². The molecule has 0 fully saturated rings. The van der Waals surface area contributed by atoms with E-state index in [2.05, 4.69) is 9.98 Å². The highest BCUT2D eigenvalue weighted by molar-refractivity contribution is 7.14. The molecule has 0 saturated heterocycles. The topological polar surface area (TPSA) is 24.7 Å². The van der Waals surface area contributed by atoms with Crippen molar-refractivity contribution in [2.75, 3.05) is 13.1 Å². The van der Waals surface area contributed by atoms with Gasteiger partial charge in [-0.1, -0.05) is 0 Å². The lowest BCUT2D eigenvalue weighted by Gasteiger charge is -1.86. The summed E-state index contributed by atoms with van der Waals surface area (Å²) in [5, 5.41) is 4.10. The Morgan fingerprint density at radius 1 is 1.00 bits per heavy atom. The van der Waals surface area contributed by atoms with Crippen LogP contribution in [0.1, 0.15) is 13.8 Å². The van der Waals surface area contributed by atoms with Gasteiger partial charge in [-0.15, -0.1) is 22.7 Å². The van der Waals surface area contributed by atoms with Gasteiger partial charge in [-0.2, -0.15) is 0 Å². The summed E-state index contributed by atoms with van der Waals surface area (Å²) >= 11 is 3.31. The highest BCUT2D eigenvalue weighted by Crippen LogP contribution is 1.87. The van der Waals surface area contributed by atoms with Gasteiger partial charge in [0.1, 0.15) is 9.34 Å². The fourth-order valence-corrected chi connectivity index (χ4v) is 2.51. The molecule has 2 nitrogen and oxygen atoms in total. The van der Waals surface area contributed by atoms with Gasteiger partial charge in [0.15, 0.2) is 0 Å². The molecule has 1 rings (SSSR count). The van der Waals surface area contributed by atoms with E-state index in [0.29, 0.717) is 0 Å². The summed E-state index contributed by atoms with van der Waals surface area (Å²) in [7, 11) is 0. The second-order valence-electron chi connectivity index (χ2n) is 2.07. The van der Waals surface area contributed by atoms with Crippen LogP contribution in [-0.2, 0) is 0 Å². The van der Waals surface area contributed by atoms with Crippen LogP contribution in [0.15, 0.2) is 20.7 Å². The summed E-state index contributed by atoms with van der Waals surface area (Å²) in [5.41, 5.74) is 0. The highest BCUT2D eigenvalue weighted by Gasteiger charge is 1.85. The van der Waals surface area contributed by atoms with Gasteiger partial charge in [-0.05, 0) is 13.8 Å². The Hall–Kier alpha value is -0.480. The molecule has 0 aromatic carbocycles. The maximum atomic E-state index is 4.36. The van der Waals surface area contributed by atoms with E-state index >= 15 is 0 Å². The van der Waals surface area contributed by atoms with Crippen LogP contribution in [0, 0.1) is 0 Å². The van der Waals surface area contributed by atoms with Gasteiger partial charge in [-0.3, -0.25) is 9.98 Å². The Morgan fingerprint density at radius 2 is 1.42 bits per heavy atom. The van der Waals surface area contributed by atoms with Crippen molar-refractivity contribution < 1.29 is 0 Å². The SMILES string of the molecule is CCN=c1sccsc1=NCC. The molecular weight excluding hydrogens is 188 g/mol. The largest absolute Gasteiger partial charge is 0.272 e. The first-order valence-electron chi connectivity index (χ1n) is 3.96. The van der Waals surface area contributed by atoms with Crippen molar-refractivity contribution >= 4 is 22.7 Å². The summed E-state index contributed by atoms with van der Waals surface area (Å²) in [4.78, 5) is 8.72. The van der Waals surface area contributed by atoms with E-state index in [0.717, 1.165) is 22.4 Å². The first-order valence-corrected chi connectivity index (χ1v) is 5.72. The van der Waals surface area contributed by atoms with Crippen molar-refractivity contribution in [1.29, 1.82) is 0 Å². The van der Waals surface area contributed by atoms with Crippen LogP contribution in [0.25, 0.3) is 0 Å². The van der Waals surface area contributed by atoms with Crippen LogP contribution < -0.4 is 9.34 Å². The van der Waals surface area contributed by atoms with Gasteiger partial charge in [-0.25, -0.2) is 0 Å². The number of hydrogen-bond acceptors (Lipinski definition) is 4. The van der Waals surface area contributed by atoms with E-state index in [4.69, 9.17) is 0 Å². The minimum absolute atomic E-state index is 0.833. The van der Waals surface area contributed by atoms with E-state index in [-0.39, 0.29) is 0 Å². The van der Waals surface area contributed by atoms with E-state index in [9.17, 15) is 0 Å². The Kier molecular flexibility index (Phi) is 4.18. The summed E-state index contributed by atoms with van der Waals surface area (Å²) < 4.78 is 2.12. The summed E-state index contributed by atoms with van der Waals surface area (Å²) in [6, 6.07) is 0. The van der Waals surface area contributed by atoms with Crippen molar-refractivity contribution in [3.05, 3.63) is 20.1 Å². The predicted molar refractivity (Wildman–Crippen MR) is 54.4 cm³/mol. The summed E-state index contributed by atoms with van der Waals surface area (Å²) in [5.74, 6) is 0. The minimum atomic E-state index is 0.833. The maximum Gasteiger partial charge on any atom is 0.146 e. The number of rotatable bonds is 2. The molecule has 0 amide bonds. The van der Waals surface area contributed by atoms with Crippen molar-refractivity contribution in [1.82, 2.24) is 0 Å².